The molecule has 0 aliphatic rings. The van der Waals surface area contributed by atoms with Crippen LogP contribution in [0, 0.1) is 0 Å². The van der Waals surface area contributed by atoms with Gasteiger partial charge < -0.3 is 10.6 Å². The van der Waals surface area contributed by atoms with Crippen LogP contribution in [0.2, 0.25) is 0 Å². The lowest BCUT2D eigenvalue weighted by atomic mass is 10.1. The first-order chi connectivity index (χ1) is 9.70. The number of halogens is 1. The summed E-state index contributed by atoms with van der Waals surface area (Å²) in [6, 6.07) is 15.4. The molecule has 0 aliphatic carbocycles. The second-order valence-corrected chi connectivity index (χ2v) is 5.30. The first-order valence-corrected chi connectivity index (χ1v) is 7.35. The summed E-state index contributed by atoms with van der Waals surface area (Å²) in [7, 11) is 0. The van der Waals surface area contributed by atoms with Crippen LogP contribution in [0.15, 0.2) is 53.0 Å². The van der Waals surface area contributed by atoms with Crippen LogP contribution in [0.1, 0.15) is 22.8 Å². The van der Waals surface area contributed by atoms with Gasteiger partial charge in [0.15, 0.2) is 0 Å². The number of carbonyl (C=O) groups is 1. The van der Waals surface area contributed by atoms with E-state index in [1.54, 1.807) is 0 Å². The molecule has 0 fully saturated rings. The van der Waals surface area contributed by atoms with Crippen LogP contribution in [0.5, 0.6) is 0 Å². The second-order valence-electron chi connectivity index (χ2n) is 4.39. The van der Waals surface area contributed by atoms with Crippen molar-refractivity contribution in [2.75, 3.05) is 11.9 Å². The van der Waals surface area contributed by atoms with Crippen molar-refractivity contribution in [3.63, 3.8) is 0 Å². The number of carbonyl (C=O) groups excluding carboxylic acids is 1. The molecule has 0 saturated heterocycles. The molecule has 104 valence electrons. The molecular weight excluding hydrogens is 316 g/mol. The summed E-state index contributed by atoms with van der Waals surface area (Å²) < 4.78 is 1.03. The number of nitrogens with one attached hydrogen (secondary N) is 2. The largest absolute Gasteiger partial charge is 0.385 e. The van der Waals surface area contributed by atoms with Crippen molar-refractivity contribution in [3.8, 4) is 0 Å². The molecule has 0 saturated carbocycles. The molecule has 0 aromatic heterocycles. The average Bonchev–Trinajstić information content (AvgIpc) is 2.47. The Hall–Kier alpha value is -1.81. The van der Waals surface area contributed by atoms with E-state index in [-0.39, 0.29) is 5.91 Å². The van der Waals surface area contributed by atoms with Crippen molar-refractivity contribution in [2.45, 2.75) is 13.5 Å². The highest BCUT2D eigenvalue weighted by Crippen LogP contribution is 2.15. The lowest BCUT2D eigenvalue weighted by molar-refractivity contribution is 0.0951. The minimum absolute atomic E-state index is 0.0653. The van der Waals surface area contributed by atoms with Crippen LogP contribution < -0.4 is 10.6 Å². The van der Waals surface area contributed by atoms with Gasteiger partial charge in [0, 0.05) is 23.2 Å². The van der Waals surface area contributed by atoms with E-state index in [0.29, 0.717) is 12.1 Å². The number of amides is 1. The quantitative estimate of drug-likeness (QED) is 0.874. The molecule has 4 heteroatoms. The Morgan fingerprint density at radius 2 is 1.80 bits per heavy atom. The van der Waals surface area contributed by atoms with Crippen LogP contribution in [0.3, 0.4) is 0 Å². The number of hydrogen-bond acceptors (Lipinski definition) is 2. The number of hydrogen-bond donors (Lipinski definition) is 2. The van der Waals surface area contributed by atoms with E-state index in [4.69, 9.17) is 0 Å². The third kappa shape index (κ3) is 3.84. The fourth-order valence-electron chi connectivity index (χ4n) is 1.91. The van der Waals surface area contributed by atoms with Gasteiger partial charge in [-0.05, 0) is 36.8 Å². The van der Waals surface area contributed by atoms with Gasteiger partial charge in [0.1, 0.15) is 0 Å². The van der Waals surface area contributed by atoms with Crippen molar-refractivity contribution >= 4 is 27.5 Å². The first kappa shape index (κ1) is 14.6. The van der Waals surface area contributed by atoms with Gasteiger partial charge >= 0.3 is 0 Å². The Morgan fingerprint density at radius 3 is 2.50 bits per heavy atom. The van der Waals surface area contributed by atoms with Crippen molar-refractivity contribution in [3.05, 3.63) is 64.1 Å². The SMILES string of the molecule is CCNc1ccccc1C(=O)NCc1ccc(Br)cc1. The maximum atomic E-state index is 12.2. The van der Waals surface area contributed by atoms with Crippen molar-refractivity contribution in [1.29, 1.82) is 0 Å². The summed E-state index contributed by atoms with van der Waals surface area (Å²) in [6.07, 6.45) is 0. The first-order valence-electron chi connectivity index (χ1n) is 6.56. The number of para-hydroxylation sites is 1. The predicted octanol–water partition coefficient (Wildman–Crippen LogP) is 3.81. The fourth-order valence-corrected chi connectivity index (χ4v) is 2.17. The summed E-state index contributed by atoms with van der Waals surface area (Å²) in [4.78, 5) is 12.2. The van der Waals surface area contributed by atoms with Crippen molar-refractivity contribution < 1.29 is 4.79 Å². The zero-order valence-electron chi connectivity index (χ0n) is 11.3. The van der Waals surface area contributed by atoms with Gasteiger partial charge in [-0.25, -0.2) is 0 Å². The molecule has 0 spiro atoms. The van der Waals surface area contributed by atoms with E-state index in [1.165, 1.54) is 0 Å². The highest BCUT2D eigenvalue weighted by molar-refractivity contribution is 9.10. The highest BCUT2D eigenvalue weighted by Gasteiger charge is 2.09. The van der Waals surface area contributed by atoms with Crippen LogP contribution in [-0.2, 0) is 6.54 Å². The summed E-state index contributed by atoms with van der Waals surface area (Å²) >= 11 is 3.39. The third-order valence-electron chi connectivity index (χ3n) is 2.91. The normalized spacial score (nSPS) is 10.1. The van der Waals surface area contributed by atoms with Gasteiger partial charge in [0.2, 0.25) is 0 Å². The summed E-state index contributed by atoms with van der Waals surface area (Å²) in [5.41, 5.74) is 2.61. The number of rotatable bonds is 5. The zero-order chi connectivity index (χ0) is 14.4. The van der Waals surface area contributed by atoms with Gasteiger partial charge in [0.05, 0.1) is 5.56 Å². The van der Waals surface area contributed by atoms with Crippen LogP contribution in [0.25, 0.3) is 0 Å². The number of benzene rings is 2. The number of anilines is 1. The molecule has 1 amide bonds. The van der Waals surface area contributed by atoms with Gasteiger partial charge in [-0.3, -0.25) is 4.79 Å². The Bertz CT molecular complexity index is 581. The van der Waals surface area contributed by atoms with E-state index < -0.39 is 0 Å². The van der Waals surface area contributed by atoms with Crippen molar-refractivity contribution in [2.24, 2.45) is 0 Å². The predicted molar refractivity (Wildman–Crippen MR) is 85.9 cm³/mol. The maximum Gasteiger partial charge on any atom is 0.253 e. The molecule has 0 atom stereocenters. The molecule has 3 nitrogen and oxygen atoms in total. The minimum Gasteiger partial charge on any atom is -0.385 e. The molecule has 2 N–H and O–H groups in total. The van der Waals surface area contributed by atoms with E-state index in [1.807, 2.05) is 55.5 Å². The Morgan fingerprint density at radius 1 is 1.10 bits per heavy atom. The monoisotopic (exact) mass is 332 g/mol. The molecule has 0 unspecified atom stereocenters. The fraction of sp³-hybridized carbons (Fsp3) is 0.188. The Balaban J connectivity index is 2.03. The average molecular weight is 333 g/mol. The molecule has 20 heavy (non-hydrogen) atoms. The van der Waals surface area contributed by atoms with Crippen LogP contribution in [0.4, 0.5) is 5.69 Å². The molecule has 0 aliphatic heterocycles. The lowest BCUT2D eigenvalue weighted by Crippen LogP contribution is -2.23. The van der Waals surface area contributed by atoms with E-state index >= 15 is 0 Å². The third-order valence-corrected chi connectivity index (χ3v) is 3.43. The Labute approximate surface area is 127 Å². The standard InChI is InChI=1S/C16H17BrN2O/c1-2-18-15-6-4-3-5-14(15)16(20)19-11-12-7-9-13(17)10-8-12/h3-10,18H,2,11H2,1H3,(H,19,20). The molecule has 2 rings (SSSR count). The Kier molecular flexibility index (Phi) is 5.18. The van der Waals surface area contributed by atoms with Gasteiger partial charge in [-0.1, -0.05) is 40.2 Å². The summed E-state index contributed by atoms with van der Waals surface area (Å²) in [5.74, 6) is -0.0653. The van der Waals surface area contributed by atoms with Gasteiger partial charge in [-0.15, -0.1) is 0 Å². The molecule has 0 heterocycles. The topological polar surface area (TPSA) is 41.1 Å². The van der Waals surface area contributed by atoms with Crippen LogP contribution >= 0.6 is 15.9 Å². The van der Waals surface area contributed by atoms with Gasteiger partial charge in [-0.2, -0.15) is 0 Å². The van der Waals surface area contributed by atoms with E-state index in [9.17, 15) is 4.79 Å². The van der Waals surface area contributed by atoms with Gasteiger partial charge in [0.25, 0.3) is 5.91 Å². The van der Waals surface area contributed by atoms with Crippen LogP contribution in [-0.4, -0.2) is 12.5 Å². The van der Waals surface area contributed by atoms with Crippen molar-refractivity contribution in [1.82, 2.24) is 5.32 Å². The molecule has 0 bridgehead atoms. The molecule has 2 aromatic rings. The summed E-state index contributed by atoms with van der Waals surface area (Å²) in [6.45, 7) is 3.32. The molecule has 2 aromatic carbocycles. The zero-order valence-corrected chi connectivity index (χ0v) is 12.9. The van der Waals surface area contributed by atoms with E-state index in [2.05, 4.69) is 26.6 Å². The smallest absolute Gasteiger partial charge is 0.253 e. The summed E-state index contributed by atoms with van der Waals surface area (Å²) in [5, 5.41) is 6.13. The maximum absolute atomic E-state index is 12.2. The second kappa shape index (κ2) is 7.10. The lowest BCUT2D eigenvalue weighted by Gasteiger charge is -2.11. The molecular formula is C16H17BrN2O. The highest BCUT2D eigenvalue weighted by atomic mass is 79.9. The minimum atomic E-state index is -0.0653. The molecule has 0 radical (unpaired) electrons. The van der Waals surface area contributed by atoms with E-state index in [0.717, 1.165) is 22.3 Å².